The predicted octanol–water partition coefficient (Wildman–Crippen LogP) is 1.61. The number of rotatable bonds is 2. The fourth-order valence-electron chi connectivity index (χ4n) is 0.842. The lowest BCUT2D eigenvalue weighted by Gasteiger charge is -2.05. The van der Waals surface area contributed by atoms with E-state index in [9.17, 15) is 0 Å². The molecule has 0 aliphatic rings. The number of hydrogen-bond acceptors (Lipinski definition) is 2. The van der Waals surface area contributed by atoms with Gasteiger partial charge in [0.05, 0.1) is 7.11 Å². The van der Waals surface area contributed by atoms with Crippen LogP contribution in [0.5, 0.6) is 5.75 Å². The zero-order chi connectivity index (χ0) is 8.27. The molecule has 0 fully saturated rings. The van der Waals surface area contributed by atoms with Gasteiger partial charge in [-0.15, -0.1) is 0 Å². The van der Waals surface area contributed by atoms with Crippen LogP contribution in [0.15, 0.2) is 12.1 Å². The molecule has 0 atom stereocenters. The Balaban J connectivity index is 3.06. The molecule has 2 N–H and O–H groups in total. The molecule has 2 nitrogen and oxygen atoms in total. The number of methoxy groups -OCH3 is 1. The van der Waals surface area contributed by atoms with E-state index in [1.54, 1.807) is 19.2 Å². The molecule has 0 aliphatic carbocycles. The lowest BCUT2D eigenvalue weighted by atomic mass is 10.2. The van der Waals surface area contributed by atoms with Gasteiger partial charge < -0.3 is 10.5 Å². The maximum atomic E-state index is 5.69. The second-order valence-corrected chi connectivity index (χ2v) is 2.49. The first-order chi connectivity index (χ1) is 5.27. The third-order valence-corrected chi connectivity index (χ3v) is 1.62. The lowest BCUT2D eigenvalue weighted by molar-refractivity contribution is 0.410. The molecule has 0 saturated carbocycles. The lowest BCUT2D eigenvalue weighted by Crippen LogP contribution is -1.99. The van der Waals surface area contributed by atoms with Crippen molar-refractivity contribution in [3.8, 4) is 5.75 Å². The summed E-state index contributed by atoms with van der Waals surface area (Å²) in [5, 5.41) is 0.561. The van der Waals surface area contributed by atoms with Gasteiger partial charge >= 0.3 is 0 Å². The van der Waals surface area contributed by atoms with Crippen LogP contribution in [0.2, 0.25) is 5.02 Å². The summed E-state index contributed by atoms with van der Waals surface area (Å²) in [6.07, 6.45) is 0. The van der Waals surface area contributed by atoms with Crippen molar-refractivity contribution in [2.45, 2.75) is 6.54 Å². The number of hydrogen-bond donors (Lipinski definition) is 1. The zero-order valence-electron chi connectivity index (χ0n) is 6.23. The van der Waals surface area contributed by atoms with Gasteiger partial charge in [0.15, 0.2) is 0 Å². The van der Waals surface area contributed by atoms with Crippen LogP contribution < -0.4 is 10.5 Å². The Hall–Kier alpha value is -0.730. The Bertz CT molecular complexity index is 250. The summed E-state index contributed by atoms with van der Waals surface area (Å²) in [5.74, 6) is 0.733. The molecule has 1 radical (unpaired) electrons. The van der Waals surface area contributed by atoms with Gasteiger partial charge in [-0.2, -0.15) is 0 Å². The number of benzene rings is 1. The summed E-state index contributed by atoms with van der Waals surface area (Å²) in [6, 6.07) is 6.25. The average Bonchev–Trinajstić information content (AvgIpc) is 2.04. The second-order valence-electron chi connectivity index (χ2n) is 2.08. The standard InChI is InChI=1S/C8H9ClNO/c1-11-8-3-2-7(9)4-6(8)5-10/h3-4H,5,10H2,1H3. The minimum atomic E-state index is 0.428. The molecule has 1 aromatic carbocycles. The van der Waals surface area contributed by atoms with E-state index >= 15 is 0 Å². The van der Waals surface area contributed by atoms with Crippen molar-refractivity contribution in [1.29, 1.82) is 0 Å². The average molecular weight is 171 g/mol. The highest BCUT2D eigenvalue weighted by Crippen LogP contribution is 2.20. The van der Waals surface area contributed by atoms with Crippen molar-refractivity contribution < 1.29 is 4.74 Å². The number of ether oxygens (including phenoxy) is 1. The summed E-state index contributed by atoms with van der Waals surface area (Å²) in [4.78, 5) is 0. The Labute approximate surface area is 70.9 Å². The Morgan fingerprint density at radius 2 is 2.45 bits per heavy atom. The molecule has 0 heterocycles. The van der Waals surface area contributed by atoms with E-state index in [4.69, 9.17) is 22.1 Å². The molecule has 1 aromatic rings. The highest BCUT2D eigenvalue weighted by molar-refractivity contribution is 6.30. The third kappa shape index (κ3) is 1.85. The maximum Gasteiger partial charge on any atom is 0.124 e. The van der Waals surface area contributed by atoms with Gasteiger partial charge in [0.2, 0.25) is 0 Å². The largest absolute Gasteiger partial charge is 0.496 e. The van der Waals surface area contributed by atoms with E-state index in [1.807, 2.05) is 0 Å². The quantitative estimate of drug-likeness (QED) is 0.732. The summed E-state index contributed by atoms with van der Waals surface area (Å²) in [6.45, 7) is 0.428. The van der Waals surface area contributed by atoms with E-state index < -0.39 is 0 Å². The molecule has 1 rings (SSSR count). The predicted molar refractivity (Wildman–Crippen MR) is 44.7 cm³/mol. The topological polar surface area (TPSA) is 35.2 Å². The first-order valence-corrected chi connectivity index (χ1v) is 3.60. The summed E-state index contributed by atoms with van der Waals surface area (Å²) >= 11 is 5.69. The van der Waals surface area contributed by atoms with Crippen LogP contribution in [0.25, 0.3) is 0 Å². The molecule has 59 valence electrons. The first kappa shape index (κ1) is 8.37. The van der Waals surface area contributed by atoms with Crippen LogP contribution >= 0.6 is 11.6 Å². The van der Waals surface area contributed by atoms with Crippen LogP contribution in [-0.4, -0.2) is 7.11 Å². The Morgan fingerprint density at radius 3 is 3.00 bits per heavy atom. The third-order valence-electron chi connectivity index (χ3n) is 1.40. The molecule has 11 heavy (non-hydrogen) atoms. The summed E-state index contributed by atoms with van der Waals surface area (Å²) < 4.78 is 5.02. The van der Waals surface area contributed by atoms with Crippen molar-refractivity contribution >= 4 is 11.6 Å². The van der Waals surface area contributed by atoms with Crippen molar-refractivity contribution in [2.75, 3.05) is 7.11 Å². The molecular weight excluding hydrogens is 162 g/mol. The molecule has 0 bridgehead atoms. The minimum absolute atomic E-state index is 0.428. The molecule has 3 heteroatoms. The van der Waals surface area contributed by atoms with E-state index in [-0.39, 0.29) is 0 Å². The molecule has 0 aromatic heterocycles. The van der Waals surface area contributed by atoms with Crippen LogP contribution in [0.4, 0.5) is 0 Å². The smallest absolute Gasteiger partial charge is 0.124 e. The fourth-order valence-corrected chi connectivity index (χ4v) is 1.03. The van der Waals surface area contributed by atoms with Crippen molar-refractivity contribution in [3.63, 3.8) is 0 Å². The molecule has 0 aliphatic heterocycles. The molecule has 0 amide bonds. The van der Waals surface area contributed by atoms with Gasteiger partial charge in [-0.05, 0) is 12.1 Å². The van der Waals surface area contributed by atoms with Gasteiger partial charge in [-0.1, -0.05) is 11.6 Å². The van der Waals surface area contributed by atoms with Crippen LogP contribution in [-0.2, 0) is 6.54 Å². The SMILES string of the molecule is COc1c[c]c(Cl)cc1CN. The van der Waals surface area contributed by atoms with E-state index in [1.165, 1.54) is 0 Å². The Morgan fingerprint density at radius 1 is 1.73 bits per heavy atom. The van der Waals surface area contributed by atoms with Crippen LogP contribution in [0.3, 0.4) is 0 Å². The Kier molecular flexibility index (Phi) is 2.74. The maximum absolute atomic E-state index is 5.69. The summed E-state index contributed by atoms with van der Waals surface area (Å²) in [7, 11) is 1.59. The second kappa shape index (κ2) is 3.60. The number of nitrogens with two attached hydrogens (primary N) is 1. The van der Waals surface area contributed by atoms with Crippen LogP contribution in [0, 0.1) is 6.07 Å². The molecular formula is C8H9ClNO. The number of halogens is 1. The van der Waals surface area contributed by atoms with Crippen molar-refractivity contribution in [3.05, 3.63) is 28.8 Å². The van der Waals surface area contributed by atoms with E-state index in [0.717, 1.165) is 11.3 Å². The van der Waals surface area contributed by atoms with Gasteiger partial charge in [-0.25, -0.2) is 0 Å². The minimum Gasteiger partial charge on any atom is -0.496 e. The van der Waals surface area contributed by atoms with Crippen molar-refractivity contribution in [1.82, 2.24) is 0 Å². The fraction of sp³-hybridized carbons (Fsp3) is 0.250. The van der Waals surface area contributed by atoms with Gasteiger partial charge in [-0.3, -0.25) is 0 Å². The highest BCUT2D eigenvalue weighted by Gasteiger charge is 2.00. The molecule has 0 unspecified atom stereocenters. The molecule has 0 saturated heterocycles. The van der Waals surface area contributed by atoms with Gasteiger partial charge in [0, 0.05) is 23.2 Å². The van der Waals surface area contributed by atoms with Crippen LogP contribution in [0.1, 0.15) is 5.56 Å². The highest BCUT2D eigenvalue weighted by atomic mass is 35.5. The zero-order valence-corrected chi connectivity index (χ0v) is 6.98. The summed E-state index contributed by atoms with van der Waals surface area (Å²) in [5.41, 5.74) is 6.34. The van der Waals surface area contributed by atoms with Gasteiger partial charge in [0.1, 0.15) is 5.75 Å². The van der Waals surface area contributed by atoms with Crippen molar-refractivity contribution in [2.24, 2.45) is 5.73 Å². The monoisotopic (exact) mass is 170 g/mol. The van der Waals surface area contributed by atoms with E-state index in [2.05, 4.69) is 6.07 Å². The van der Waals surface area contributed by atoms with E-state index in [0.29, 0.717) is 11.6 Å². The van der Waals surface area contributed by atoms with Gasteiger partial charge in [0.25, 0.3) is 0 Å². The first-order valence-electron chi connectivity index (χ1n) is 3.22. The normalized spacial score (nSPS) is 9.73. The molecule has 0 spiro atoms.